The van der Waals surface area contributed by atoms with Crippen LogP contribution in [0.2, 0.25) is 0 Å². The zero-order valence-electron chi connectivity index (χ0n) is 16.4. The second-order valence-electron chi connectivity index (χ2n) is 6.76. The lowest BCUT2D eigenvalue weighted by molar-refractivity contribution is -0.123. The number of para-hydroxylation sites is 1. The van der Waals surface area contributed by atoms with Crippen LogP contribution in [-0.2, 0) is 9.53 Å². The molecule has 0 fully saturated rings. The molecule has 0 unspecified atom stereocenters. The summed E-state index contributed by atoms with van der Waals surface area (Å²) in [4.78, 5) is 41.6. The van der Waals surface area contributed by atoms with Crippen molar-refractivity contribution in [1.82, 2.24) is 10.3 Å². The van der Waals surface area contributed by atoms with Gasteiger partial charge in [-0.15, -0.1) is 0 Å². The number of rotatable bonds is 5. The number of benzene rings is 3. The van der Waals surface area contributed by atoms with Gasteiger partial charge in [-0.3, -0.25) is 14.9 Å². The second-order valence-corrected chi connectivity index (χ2v) is 6.76. The zero-order valence-corrected chi connectivity index (χ0v) is 16.4. The van der Waals surface area contributed by atoms with E-state index in [1.165, 1.54) is 0 Å². The first-order chi connectivity index (χ1) is 15.1. The standard InChI is InChI=1S/C25H18N2O4/c28-23(27-24(29)18-11-5-2-6-12-18)16-31-25(30)20-15-22(17-9-3-1-4-10-17)26-21-14-8-7-13-19(20)21/h1-15H,16H2,(H,27,28,29). The molecule has 0 aliphatic rings. The summed E-state index contributed by atoms with van der Waals surface area (Å²) in [5.74, 6) is -1.93. The van der Waals surface area contributed by atoms with E-state index in [4.69, 9.17) is 4.74 Å². The lowest BCUT2D eigenvalue weighted by Crippen LogP contribution is -2.34. The molecule has 4 rings (SSSR count). The van der Waals surface area contributed by atoms with Gasteiger partial charge in [-0.1, -0.05) is 66.7 Å². The summed E-state index contributed by atoms with van der Waals surface area (Å²) < 4.78 is 5.19. The van der Waals surface area contributed by atoms with Crippen molar-refractivity contribution in [2.24, 2.45) is 0 Å². The maximum absolute atomic E-state index is 12.8. The molecule has 152 valence electrons. The summed E-state index contributed by atoms with van der Waals surface area (Å²) in [5, 5.41) is 2.83. The molecule has 2 amide bonds. The van der Waals surface area contributed by atoms with Gasteiger partial charge in [-0.25, -0.2) is 9.78 Å². The van der Waals surface area contributed by atoms with Crippen LogP contribution in [0.4, 0.5) is 0 Å². The summed E-state index contributed by atoms with van der Waals surface area (Å²) in [6.45, 7) is -0.575. The van der Waals surface area contributed by atoms with Gasteiger partial charge in [0.05, 0.1) is 16.8 Å². The normalized spacial score (nSPS) is 10.5. The monoisotopic (exact) mass is 410 g/mol. The molecule has 3 aromatic carbocycles. The number of carbonyl (C=O) groups is 3. The predicted octanol–water partition coefficient (Wildman–Crippen LogP) is 4.02. The van der Waals surface area contributed by atoms with Gasteiger partial charge in [-0.05, 0) is 24.3 Å². The fourth-order valence-corrected chi connectivity index (χ4v) is 3.13. The summed E-state index contributed by atoms with van der Waals surface area (Å²) in [6.07, 6.45) is 0. The minimum Gasteiger partial charge on any atom is -0.452 e. The number of imide groups is 1. The molecule has 1 N–H and O–H groups in total. The molecule has 0 spiro atoms. The van der Waals surface area contributed by atoms with Gasteiger partial charge in [0.25, 0.3) is 11.8 Å². The number of nitrogens with one attached hydrogen (secondary N) is 1. The molecule has 1 aromatic heterocycles. The van der Waals surface area contributed by atoms with Gasteiger partial charge < -0.3 is 4.74 Å². The number of ether oxygens (including phenoxy) is 1. The Morgan fingerprint density at radius 3 is 2.19 bits per heavy atom. The smallest absolute Gasteiger partial charge is 0.339 e. The second kappa shape index (κ2) is 9.00. The number of fused-ring (bicyclic) bond motifs is 1. The molecule has 1 heterocycles. The van der Waals surface area contributed by atoms with E-state index in [-0.39, 0.29) is 0 Å². The van der Waals surface area contributed by atoms with Crippen molar-refractivity contribution in [2.45, 2.75) is 0 Å². The quantitative estimate of drug-likeness (QED) is 0.503. The summed E-state index contributed by atoms with van der Waals surface area (Å²) >= 11 is 0. The largest absolute Gasteiger partial charge is 0.452 e. The van der Waals surface area contributed by atoms with Crippen LogP contribution in [0.15, 0.2) is 91.0 Å². The molecule has 0 atom stereocenters. The van der Waals surface area contributed by atoms with Crippen molar-refractivity contribution in [2.75, 3.05) is 6.61 Å². The van der Waals surface area contributed by atoms with Gasteiger partial charge in [0, 0.05) is 16.5 Å². The number of esters is 1. The fourth-order valence-electron chi connectivity index (χ4n) is 3.13. The first-order valence-corrected chi connectivity index (χ1v) is 9.63. The molecule has 4 aromatic rings. The third kappa shape index (κ3) is 4.64. The van der Waals surface area contributed by atoms with Crippen LogP contribution in [0.25, 0.3) is 22.2 Å². The Bertz CT molecular complexity index is 1250. The highest BCUT2D eigenvalue weighted by Gasteiger charge is 2.17. The van der Waals surface area contributed by atoms with Crippen molar-refractivity contribution < 1.29 is 19.1 Å². The first-order valence-electron chi connectivity index (χ1n) is 9.63. The Morgan fingerprint density at radius 1 is 0.806 bits per heavy atom. The third-order valence-electron chi connectivity index (χ3n) is 4.63. The van der Waals surface area contributed by atoms with Gasteiger partial charge in [0.15, 0.2) is 6.61 Å². The number of nitrogens with zero attached hydrogens (tertiary/aromatic N) is 1. The van der Waals surface area contributed by atoms with Gasteiger partial charge in [-0.2, -0.15) is 0 Å². The molecular weight excluding hydrogens is 392 g/mol. The van der Waals surface area contributed by atoms with E-state index in [0.717, 1.165) is 5.56 Å². The average molecular weight is 410 g/mol. The van der Waals surface area contributed by atoms with Crippen molar-refractivity contribution in [1.29, 1.82) is 0 Å². The van der Waals surface area contributed by atoms with Crippen molar-refractivity contribution in [3.63, 3.8) is 0 Å². The summed E-state index contributed by atoms with van der Waals surface area (Å²) in [5.41, 5.74) is 2.75. The lowest BCUT2D eigenvalue weighted by Gasteiger charge is -2.10. The molecule has 0 saturated carbocycles. The van der Waals surface area contributed by atoms with Crippen LogP contribution in [-0.4, -0.2) is 29.4 Å². The Labute approximate surface area is 178 Å². The van der Waals surface area contributed by atoms with Gasteiger partial charge in [0.1, 0.15) is 0 Å². The maximum atomic E-state index is 12.8. The van der Waals surface area contributed by atoms with E-state index in [2.05, 4.69) is 10.3 Å². The number of pyridine rings is 1. The predicted molar refractivity (Wildman–Crippen MR) is 116 cm³/mol. The first kappa shape index (κ1) is 20.0. The minimum atomic E-state index is -0.705. The van der Waals surface area contributed by atoms with E-state index in [9.17, 15) is 14.4 Å². The average Bonchev–Trinajstić information content (AvgIpc) is 2.83. The van der Waals surface area contributed by atoms with Crippen molar-refractivity contribution in [3.8, 4) is 11.3 Å². The van der Waals surface area contributed by atoms with E-state index in [1.54, 1.807) is 48.5 Å². The van der Waals surface area contributed by atoms with Crippen LogP contribution in [0, 0.1) is 0 Å². The van der Waals surface area contributed by atoms with E-state index < -0.39 is 24.4 Å². The lowest BCUT2D eigenvalue weighted by atomic mass is 10.0. The highest BCUT2D eigenvalue weighted by atomic mass is 16.5. The Morgan fingerprint density at radius 2 is 1.45 bits per heavy atom. The molecule has 0 aliphatic heterocycles. The van der Waals surface area contributed by atoms with Crippen LogP contribution < -0.4 is 5.32 Å². The minimum absolute atomic E-state index is 0.298. The molecule has 6 nitrogen and oxygen atoms in total. The van der Waals surface area contributed by atoms with E-state index >= 15 is 0 Å². The Kier molecular flexibility index (Phi) is 5.80. The number of carbonyl (C=O) groups excluding carboxylic acids is 3. The number of amides is 2. The number of hydrogen-bond acceptors (Lipinski definition) is 5. The highest BCUT2D eigenvalue weighted by molar-refractivity contribution is 6.07. The summed E-state index contributed by atoms with van der Waals surface area (Å²) in [6, 6.07) is 26.7. The number of hydrogen-bond donors (Lipinski definition) is 1. The molecular formula is C25H18N2O4. The maximum Gasteiger partial charge on any atom is 0.339 e. The van der Waals surface area contributed by atoms with Gasteiger partial charge >= 0.3 is 5.97 Å². The van der Waals surface area contributed by atoms with Crippen LogP contribution in [0.3, 0.4) is 0 Å². The van der Waals surface area contributed by atoms with Crippen molar-refractivity contribution in [3.05, 3.63) is 102 Å². The molecule has 31 heavy (non-hydrogen) atoms. The number of aromatic nitrogens is 1. The molecule has 0 bridgehead atoms. The van der Waals surface area contributed by atoms with Crippen LogP contribution in [0.1, 0.15) is 20.7 Å². The summed E-state index contributed by atoms with van der Waals surface area (Å²) in [7, 11) is 0. The highest BCUT2D eigenvalue weighted by Crippen LogP contribution is 2.25. The molecule has 0 radical (unpaired) electrons. The Balaban J connectivity index is 1.52. The van der Waals surface area contributed by atoms with Gasteiger partial charge in [0.2, 0.25) is 0 Å². The topological polar surface area (TPSA) is 85.4 Å². The Hall–Kier alpha value is -4.32. The SMILES string of the molecule is O=C(COC(=O)c1cc(-c2ccccc2)nc2ccccc12)NC(=O)c1ccccc1. The molecule has 0 saturated heterocycles. The van der Waals surface area contributed by atoms with Crippen molar-refractivity contribution >= 4 is 28.7 Å². The molecule has 6 heteroatoms. The van der Waals surface area contributed by atoms with Crippen LogP contribution >= 0.6 is 0 Å². The fraction of sp³-hybridized carbons (Fsp3) is 0.0400. The zero-order chi connectivity index (χ0) is 21.6. The van der Waals surface area contributed by atoms with E-state index in [1.807, 2.05) is 42.5 Å². The van der Waals surface area contributed by atoms with Crippen LogP contribution in [0.5, 0.6) is 0 Å². The van der Waals surface area contributed by atoms with E-state index in [0.29, 0.717) is 27.7 Å². The third-order valence-corrected chi connectivity index (χ3v) is 4.63. The molecule has 0 aliphatic carbocycles.